The lowest BCUT2D eigenvalue weighted by Crippen LogP contribution is -2.60. The Morgan fingerprint density at radius 1 is 1.10 bits per heavy atom. The van der Waals surface area contributed by atoms with E-state index < -0.39 is 5.41 Å². The molecule has 0 radical (unpaired) electrons. The average Bonchev–Trinajstić information content (AvgIpc) is 3.06. The summed E-state index contributed by atoms with van der Waals surface area (Å²) in [7, 11) is 1.41. The van der Waals surface area contributed by atoms with Crippen LogP contribution in [0.15, 0.2) is 0 Å². The van der Waals surface area contributed by atoms with Crippen molar-refractivity contribution >= 4 is 23.3 Å². The summed E-state index contributed by atoms with van der Waals surface area (Å²) in [6, 6.07) is 0. The Balaban J connectivity index is 1.60. The number of carbonyl (C=O) groups is 4. The van der Waals surface area contributed by atoms with Gasteiger partial charge in [-0.05, 0) is 60.7 Å². The van der Waals surface area contributed by atoms with Crippen LogP contribution in [0.1, 0.15) is 78.6 Å². The summed E-state index contributed by atoms with van der Waals surface area (Å²) in [5.41, 5.74) is -0.544. The molecule has 4 saturated carbocycles. The maximum absolute atomic E-state index is 13.7. The number of carbonyl (C=O) groups excluding carboxylic acids is 4. The highest BCUT2D eigenvalue weighted by Gasteiger charge is 2.66. The first kappa shape index (κ1) is 21.7. The highest BCUT2D eigenvalue weighted by molar-refractivity contribution is 5.93. The lowest BCUT2D eigenvalue weighted by molar-refractivity contribution is -0.166. The third-order valence-electron chi connectivity index (χ3n) is 9.94. The molecule has 0 amide bonds. The van der Waals surface area contributed by atoms with Gasteiger partial charge in [0.05, 0.1) is 7.11 Å². The number of ether oxygens (including phenoxy) is 1. The van der Waals surface area contributed by atoms with Crippen LogP contribution in [0.25, 0.3) is 0 Å². The van der Waals surface area contributed by atoms with E-state index in [9.17, 15) is 19.2 Å². The topological polar surface area (TPSA) is 77.5 Å². The van der Waals surface area contributed by atoms with Crippen molar-refractivity contribution in [3.63, 3.8) is 0 Å². The summed E-state index contributed by atoms with van der Waals surface area (Å²) in [6.07, 6.45) is 5.87. The Labute approximate surface area is 179 Å². The summed E-state index contributed by atoms with van der Waals surface area (Å²) < 4.78 is 4.80. The van der Waals surface area contributed by atoms with Crippen LogP contribution in [0.2, 0.25) is 0 Å². The standard InChI is InChI=1S/C25H36O5/c1-14(5-8-22(29)30-4)17-6-7-18-23-19(13-21(28)25(17,18)3)24(2)10-9-16(26)11-15(24)12-20(23)27/h14-15,17-19,23H,5-13H2,1-4H3/t14-,15-,17-,18?,19?,23?,24+,25-/m1/s1. The number of fused-ring (bicyclic) bond motifs is 5. The molecule has 0 bridgehead atoms. The maximum Gasteiger partial charge on any atom is 0.305 e. The van der Waals surface area contributed by atoms with Gasteiger partial charge in [-0.3, -0.25) is 19.2 Å². The number of hydrogen-bond donors (Lipinski definition) is 0. The van der Waals surface area contributed by atoms with E-state index in [2.05, 4.69) is 20.8 Å². The summed E-state index contributed by atoms with van der Waals surface area (Å²) in [4.78, 5) is 50.7. The lowest BCUT2D eigenvalue weighted by Gasteiger charge is -2.58. The molecule has 0 aromatic heterocycles. The Hall–Kier alpha value is -1.52. The number of hydrogen-bond acceptors (Lipinski definition) is 5. The molecule has 0 aromatic carbocycles. The molecule has 4 fully saturated rings. The van der Waals surface area contributed by atoms with Gasteiger partial charge >= 0.3 is 5.97 Å². The third-order valence-corrected chi connectivity index (χ3v) is 9.94. The van der Waals surface area contributed by atoms with E-state index in [4.69, 9.17) is 4.74 Å². The van der Waals surface area contributed by atoms with E-state index in [0.717, 1.165) is 25.7 Å². The normalized spacial score (nSPS) is 44.1. The van der Waals surface area contributed by atoms with Gasteiger partial charge in [0.25, 0.3) is 0 Å². The smallest absolute Gasteiger partial charge is 0.305 e. The van der Waals surface area contributed by atoms with Gasteiger partial charge in [-0.15, -0.1) is 0 Å². The van der Waals surface area contributed by atoms with Crippen LogP contribution in [-0.2, 0) is 23.9 Å². The fourth-order valence-corrected chi connectivity index (χ4v) is 8.04. The Bertz CT molecular complexity index is 772. The number of ketones is 3. The summed E-state index contributed by atoms with van der Waals surface area (Å²) in [5, 5.41) is 0. The maximum atomic E-state index is 13.7. The lowest BCUT2D eigenvalue weighted by atomic mass is 9.44. The van der Waals surface area contributed by atoms with Crippen molar-refractivity contribution < 1.29 is 23.9 Å². The van der Waals surface area contributed by atoms with Gasteiger partial charge in [-0.25, -0.2) is 0 Å². The van der Waals surface area contributed by atoms with Crippen LogP contribution < -0.4 is 0 Å². The van der Waals surface area contributed by atoms with Crippen molar-refractivity contribution in [2.45, 2.75) is 78.6 Å². The zero-order valence-electron chi connectivity index (χ0n) is 18.9. The van der Waals surface area contributed by atoms with Gasteiger partial charge in [-0.1, -0.05) is 20.8 Å². The quantitative estimate of drug-likeness (QED) is 0.643. The minimum absolute atomic E-state index is 0.0417. The molecule has 5 heteroatoms. The first-order chi connectivity index (χ1) is 14.1. The first-order valence-electron chi connectivity index (χ1n) is 11.8. The van der Waals surface area contributed by atoms with Gasteiger partial charge < -0.3 is 4.74 Å². The SMILES string of the molecule is COC(=O)CC[C@@H](C)[C@H]1CCC2C3C(=O)C[C@H]4CC(=O)CC[C@]4(C)C3CC(=O)[C@@]21C. The molecule has 0 aromatic rings. The number of Topliss-reactive ketones (excluding diaryl/α,β-unsaturated/α-hetero) is 3. The zero-order valence-corrected chi connectivity index (χ0v) is 18.9. The molecule has 4 rings (SSSR count). The summed E-state index contributed by atoms with van der Waals surface area (Å²) >= 11 is 0. The highest BCUT2D eigenvalue weighted by Crippen LogP contribution is 2.66. The van der Waals surface area contributed by atoms with E-state index in [1.807, 2.05) is 0 Å². The number of esters is 1. The fraction of sp³-hybridized carbons (Fsp3) is 0.840. The molecule has 0 heterocycles. The number of rotatable bonds is 4. The second-order valence-electron chi connectivity index (χ2n) is 11.0. The van der Waals surface area contributed by atoms with Crippen LogP contribution in [-0.4, -0.2) is 30.4 Å². The molecule has 4 aliphatic rings. The molecular weight excluding hydrogens is 380 g/mol. The summed E-state index contributed by atoms with van der Waals surface area (Å²) in [5.74, 6) is 1.41. The molecular formula is C25H36O5. The highest BCUT2D eigenvalue weighted by atomic mass is 16.5. The minimum Gasteiger partial charge on any atom is -0.469 e. The van der Waals surface area contributed by atoms with Crippen LogP contribution in [0.4, 0.5) is 0 Å². The van der Waals surface area contributed by atoms with E-state index in [0.29, 0.717) is 43.7 Å². The molecule has 0 N–H and O–H groups in total. The molecule has 0 aliphatic heterocycles. The van der Waals surface area contributed by atoms with Crippen molar-refractivity contribution in [1.82, 2.24) is 0 Å². The molecule has 5 nitrogen and oxygen atoms in total. The second kappa shape index (κ2) is 7.56. The van der Waals surface area contributed by atoms with Crippen LogP contribution >= 0.6 is 0 Å². The van der Waals surface area contributed by atoms with Crippen LogP contribution in [0.5, 0.6) is 0 Å². The van der Waals surface area contributed by atoms with Crippen LogP contribution in [0.3, 0.4) is 0 Å². The predicted molar refractivity (Wildman–Crippen MR) is 111 cm³/mol. The van der Waals surface area contributed by atoms with Gasteiger partial charge in [-0.2, -0.15) is 0 Å². The van der Waals surface area contributed by atoms with E-state index in [1.54, 1.807) is 0 Å². The van der Waals surface area contributed by atoms with Crippen molar-refractivity contribution in [3.05, 3.63) is 0 Å². The number of methoxy groups -OCH3 is 1. The van der Waals surface area contributed by atoms with Crippen molar-refractivity contribution in [3.8, 4) is 0 Å². The van der Waals surface area contributed by atoms with E-state index in [-0.39, 0.29) is 52.7 Å². The monoisotopic (exact) mass is 416 g/mol. The Morgan fingerprint density at radius 2 is 1.83 bits per heavy atom. The fourth-order valence-electron chi connectivity index (χ4n) is 8.04. The third kappa shape index (κ3) is 3.10. The van der Waals surface area contributed by atoms with E-state index in [1.165, 1.54) is 7.11 Å². The Morgan fingerprint density at radius 3 is 2.53 bits per heavy atom. The molecule has 0 spiro atoms. The molecule has 4 aliphatic carbocycles. The molecule has 0 saturated heterocycles. The molecule has 30 heavy (non-hydrogen) atoms. The van der Waals surface area contributed by atoms with Gasteiger partial charge in [0.15, 0.2) is 0 Å². The van der Waals surface area contributed by atoms with Crippen LogP contribution in [0, 0.1) is 46.3 Å². The van der Waals surface area contributed by atoms with Gasteiger partial charge in [0.2, 0.25) is 0 Å². The van der Waals surface area contributed by atoms with Gasteiger partial charge in [0, 0.05) is 43.4 Å². The zero-order chi connectivity index (χ0) is 21.8. The van der Waals surface area contributed by atoms with E-state index >= 15 is 0 Å². The van der Waals surface area contributed by atoms with Gasteiger partial charge in [0.1, 0.15) is 17.3 Å². The van der Waals surface area contributed by atoms with Crippen molar-refractivity contribution in [1.29, 1.82) is 0 Å². The van der Waals surface area contributed by atoms with Crippen molar-refractivity contribution in [2.24, 2.45) is 46.3 Å². The second-order valence-corrected chi connectivity index (χ2v) is 11.0. The van der Waals surface area contributed by atoms with Crippen molar-refractivity contribution in [2.75, 3.05) is 7.11 Å². The minimum atomic E-state index is -0.472. The average molecular weight is 417 g/mol. The molecule has 3 unspecified atom stereocenters. The first-order valence-corrected chi connectivity index (χ1v) is 11.8. The molecule has 8 atom stereocenters. The largest absolute Gasteiger partial charge is 0.469 e. The molecule has 166 valence electrons. The summed E-state index contributed by atoms with van der Waals surface area (Å²) in [6.45, 7) is 6.50. The Kier molecular flexibility index (Phi) is 5.47. The predicted octanol–water partition coefficient (Wildman–Crippen LogP) is 4.16.